The molecule has 1 saturated carbocycles. The molecule has 3 unspecified atom stereocenters. The second-order valence-electron chi connectivity index (χ2n) is 6.54. The zero-order valence-corrected chi connectivity index (χ0v) is 11.4. The van der Waals surface area contributed by atoms with Crippen molar-refractivity contribution in [3.05, 3.63) is 0 Å². The zero-order valence-electron chi connectivity index (χ0n) is 11.4. The van der Waals surface area contributed by atoms with Crippen molar-refractivity contribution in [2.24, 2.45) is 5.92 Å². The highest BCUT2D eigenvalue weighted by atomic mass is 15.2. The number of hydrogen-bond acceptors (Lipinski definition) is 2. The standard InChI is InChI=1S/C15H28N2/c1-2-15(9-5-10-16-15)12-17-11-8-13-6-3-4-7-14(13)17/h13-14,16H,2-12H2,1H3. The van der Waals surface area contributed by atoms with Crippen LogP contribution >= 0.6 is 0 Å². The molecule has 98 valence electrons. The Morgan fingerprint density at radius 1 is 1.18 bits per heavy atom. The van der Waals surface area contributed by atoms with E-state index in [0.29, 0.717) is 5.54 Å². The molecule has 0 aromatic heterocycles. The van der Waals surface area contributed by atoms with E-state index in [1.165, 1.54) is 71.0 Å². The van der Waals surface area contributed by atoms with Gasteiger partial charge in [0.2, 0.25) is 0 Å². The Bertz CT molecular complexity index is 258. The van der Waals surface area contributed by atoms with Crippen molar-refractivity contribution in [3.63, 3.8) is 0 Å². The first kappa shape index (κ1) is 12.0. The van der Waals surface area contributed by atoms with Crippen molar-refractivity contribution in [2.75, 3.05) is 19.6 Å². The number of nitrogens with one attached hydrogen (secondary N) is 1. The minimum atomic E-state index is 0.465. The molecule has 0 bridgehead atoms. The van der Waals surface area contributed by atoms with Gasteiger partial charge in [-0.2, -0.15) is 0 Å². The summed E-state index contributed by atoms with van der Waals surface area (Å²) in [6.45, 7) is 6.31. The molecule has 1 N–H and O–H groups in total. The Balaban J connectivity index is 1.64. The Hall–Kier alpha value is -0.0800. The molecule has 2 nitrogen and oxygen atoms in total. The molecule has 2 heterocycles. The van der Waals surface area contributed by atoms with Crippen LogP contribution in [0.2, 0.25) is 0 Å². The van der Waals surface area contributed by atoms with E-state index in [9.17, 15) is 0 Å². The van der Waals surface area contributed by atoms with Gasteiger partial charge in [0.1, 0.15) is 0 Å². The van der Waals surface area contributed by atoms with Crippen LogP contribution in [0.25, 0.3) is 0 Å². The average molecular weight is 236 g/mol. The summed E-state index contributed by atoms with van der Waals surface area (Å²) in [5, 5.41) is 3.80. The molecule has 0 spiro atoms. The summed E-state index contributed by atoms with van der Waals surface area (Å²) in [5.41, 5.74) is 0.465. The van der Waals surface area contributed by atoms with Gasteiger partial charge in [-0.1, -0.05) is 19.8 Å². The fraction of sp³-hybridized carbons (Fsp3) is 1.00. The van der Waals surface area contributed by atoms with Crippen LogP contribution in [0.15, 0.2) is 0 Å². The van der Waals surface area contributed by atoms with Gasteiger partial charge in [0, 0.05) is 18.1 Å². The molecule has 0 aromatic rings. The van der Waals surface area contributed by atoms with Crippen LogP contribution in [0.3, 0.4) is 0 Å². The lowest BCUT2D eigenvalue weighted by molar-refractivity contribution is 0.136. The molecule has 3 aliphatic rings. The predicted molar refractivity (Wildman–Crippen MR) is 72.2 cm³/mol. The van der Waals surface area contributed by atoms with Gasteiger partial charge in [0.15, 0.2) is 0 Å². The fourth-order valence-corrected chi connectivity index (χ4v) is 4.51. The smallest absolute Gasteiger partial charge is 0.0306 e. The summed E-state index contributed by atoms with van der Waals surface area (Å²) in [6.07, 6.45) is 11.5. The normalized spacial score (nSPS) is 42.9. The topological polar surface area (TPSA) is 15.3 Å². The molecule has 1 aliphatic carbocycles. The molecule has 0 radical (unpaired) electrons. The number of nitrogens with zero attached hydrogens (tertiary/aromatic N) is 1. The molecule has 2 aliphatic heterocycles. The van der Waals surface area contributed by atoms with Gasteiger partial charge in [-0.15, -0.1) is 0 Å². The van der Waals surface area contributed by atoms with Gasteiger partial charge in [-0.3, -0.25) is 4.90 Å². The minimum Gasteiger partial charge on any atom is -0.310 e. The molecule has 2 heteroatoms. The summed E-state index contributed by atoms with van der Waals surface area (Å²) >= 11 is 0. The van der Waals surface area contributed by atoms with Crippen LogP contribution in [0.5, 0.6) is 0 Å². The minimum absolute atomic E-state index is 0.465. The highest BCUT2D eigenvalue weighted by Gasteiger charge is 2.40. The van der Waals surface area contributed by atoms with Gasteiger partial charge in [0.05, 0.1) is 0 Å². The summed E-state index contributed by atoms with van der Waals surface area (Å²) in [7, 11) is 0. The fourth-order valence-electron chi connectivity index (χ4n) is 4.51. The quantitative estimate of drug-likeness (QED) is 0.810. The maximum absolute atomic E-state index is 3.80. The lowest BCUT2D eigenvalue weighted by Gasteiger charge is -2.38. The Morgan fingerprint density at radius 3 is 2.82 bits per heavy atom. The molecule has 3 rings (SSSR count). The summed E-state index contributed by atoms with van der Waals surface area (Å²) in [6, 6.07) is 0.939. The van der Waals surface area contributed by atoms with Crippen molar-refractivity contribution in [2.45, 2.75) is 69.9 Å². The summed E-state index contributed by atoms with van der Waals surface area (Å²) < 4.78 is 0. The van der Waals surface area contributed by atoms with E-state index in [-0.39, 0.29) is 0 Å². The highest BCUT2D eigenvalue weighted by molar-refractivity contribution is 4.99. The van der Waals surface area contributed by atoms with Gasteiger partial charge in [0.25, 0.3) is 0 Å². The van der Waals surface area contributed by atoms with Crippen LogP contribution in [0, 0.1) is 5.92 Å². The molecule has 0 amide bonds. The van der Waals surface area contributed by atoms with Crippen molar-refractivity contribution >= 4 is 0 Å². The van der Waals surface area contributed by atoms with E-state index >= 15 is 0 Å². The SMILES string of the molecule is CCC1(CN2CCC3CCCCC32)CCCN1. The lowest BCUT2D eigenvalue weighted by atomic mass is 9.84. The third kappa shape index (κ3) is 2.26. The maximum atomic E-state index is 3.80. The summed E-state index contributed by atoms with van der Waals surface area (Å²) in [5.74, 6) is 1.04. The Morgan fingerprint density at radius 2 is 2.06 bits per heavy atom. The van der Waals surface area contributed by atoms with Crippen molar-refractivity contribution in [1.29, 1.82) is 0 Å². The Labute approximate surface area is 106 Å². The van der Waals surface area contributed by atoms with E-state index in [2.05, 4.69) is 17.1 Å². The summed E-state index contributed by atoms with van der Waals surface area (Å²) in [4.78, 5) is 2.84. The lowest BCUT2D eigenvalue weighted by Crippen LogP contribution is -2.51. The van der Waals surface area contributed by atoms with Gasteiger partial charge in [-0.05, 0) is 57.5 Å². The number of fused-ring (bicyclic) bond motifs is 1. The van der Waals surface area contributed by atoms with E-state index in [1.807, 2.05) is 0 Å². The van der Waals surface area contributed by atoms with Crippen molar-refractivity contribution in [3.8, 4) is 0 Å². The zero-order chi connectivity index (χ0) is 11.7. The maximum Gasteiger partial charge on any atom is 0.0306 e. The average Bonchev–Trinajstić information content (AvgIpc) is 2.99. The van der Waals surface area contributed by atoms with Crippen LogP contribution < -0.4 is 5.32 Å². The number of rotatable bonds is 3. The molecule has 0 aromatic carbocycles. The van der Waals surface area contributed by atoms with E-state index in [4.69, 9.17) is 0 Å². The first-order valence-corrected chi connectivity index (χ1v) is 7.82. The van der Waals surface area contributed by atoms with Gasteiger partial charge in [-0.25, -0.2) is 0 Å². The van der Waals surface area contributed by atoms with Gasteiger partial charge < -0.3 is 5.32 Å². The van der Waals surface area contributed by atoms with E-state index in [1.54, 1.807) is 0 Å². The second-order valence-corrected chi connectivity index (χ2v) is 6.54. The monoisotopic (exact) mass is 236 g/mol. The van der Waals surface area contributed by atoms with Gasteiger partial charge >= 0.3 is 0 Å². The largest absolute Gasteiger partial charge is 0.310 e. The highest BCUT2D eigenvalue weighted by Crippen LogP contribution is 2.38. The van der Waals surface area contributed by atoms with Crippen molar-refractivity contribution < 1.29 is 0 Å². The van der Waals surface area contributed by atoms with Crippen LogP contribution in [0.4, 0.5) is 0 Å². The van der Waals surface area contributed by atoms with Crippen LogP contribution in [-0.4, -0.2) is 36.1 Å². The molecular weight excluding hydrogens is 208 g/mol. The van der Waals surface area contributed by atoms with Crippen LogP contribution in [0.1, 0.15) is 58.3 Å². The Kier molecular flexibility index (Phi) is 3.45. The third-order valence-corrected chi connectivity index (χ3v) is 5.64. The molecule has 17 heavy (non-hydrogen) atoms. The number of hydrogen-bond donors (Lipinski definition) is 1. The number of likely N-dealkylation sites (tertiary alicyclic amines) is 1. The van der Waals surface area contributed by atoms with E-state index < -0.39 is 0 Å². The second kappa shape index (κ2) is 4.89. The molecule has 3 fully saturated rings. The molecule has 2 saturated heterocycles. The predicted octanol–water partition coefficient (Wildman–Crippen LogP) is 2.78. The molecular formula is C15H28N2. The van der Waals surface area contributed by atoms with Crippen LogP contribution in [-0.2, 0) is 0 Å². The molecule has 3 atom stereocenters. The van der Waals surface area contributed by atoms with E-state index in [0.717, 1.165) is 12.0 Å². The van der Waals surface area contributed by atoms with Crippen molar-refractivity contribution in [1.82, 2.24) is 10.2 Å². The third-order valence-electron chi connectivity index (χ3n) is 5.64. The first-order valence-electron chi connectivity index (χ1n) is 7.82. The first-order chi connectivity index (χ1) is 8.33.